The summed E-state index contributed by atoms with van der Waals surface area (Å²) in [4.78, 5) is 6.87. The number of nitrogens with zero attached hydrogens (tertiary/aromatic N) is 2. The number of benzene rings is 1. The van der Waals surface area contributed by atoms with Gasteiger partial charge in [-0.3, -0.25) is 0 Å². The fourth-order valence-corrected chi connectivity index (χ4v) is 2.75. The number of hydrogen-bond donors (Lipinski definition) is 1. The fourth-order valence-electron chi connectivity index (χ4n) is 2.75. The van der Waals surface area contributed by atoms with Gasteiger partial charge in [0.1, 0.15) is 5.52 Å². The van der Waals surface area contributed by atoms with E-state index in [9.17, 15) is 0 Å². The van der Waals surface area contributed by atoms with Gasteiger partial charge in [0.05, 0.1) is 0 Å². The molecule has 1 fully saturated rings. The molecule has 1 aliphatic rings. The van der Waals surface area contributed by atoms with Crippen molar-refractivity contribution in [3.05, 3.63) is 24.3 Å². The van der Waals surface area contributed by atoms with E-state index in [1.54, 1.807) is 0 Å². The Morgan fingerprint density at radius 1 is 1.42 bits per heavy atom. The molecule has 1 N–H and O–H groups in total. The number of oxazole rings is 1. The van der Waals surface area contributed by atoms with Gasteiger partial charge >= 0.3 is 0 Å². The van der Waals surface area contributed by atoms with E-state index in [-0.39, 0.29) is 0 Å². The largest absolute Gasteiger partial charge is 0.423 e. The molecule has 1 aromatic heterocycles. The standard InChI is InChI=1S/C15H21N3O/c1-2-16-10-12-6-5-9-18(11-12)15-17-13-7-3-4-8-14(13)19-15/h3-4,7-8,12,16H,2,5-6,9-11H2,1H3. The molecule has 1 aliphatic heterocycles. The molecule has 1 saturated heterocycles. The lowest BCUT2D eigenvalue weighted by molar-refractivity contribution is 0.380. The van der Waals surface area contributed by atoms with Crippen molar-refractivity contribution >= 4 is 17.1 Å². The predicted octanol–water partition coefficient (Wildman–Crippen LogP) is 2.65. The Kier molecular flexibility index (Phi) is 3.69. The summed E-state index contributed by atoms with van der Waals surface area (Å²) in [7, 11) is 0. The Bertz CT molecular complexity index is 504. The summed E-state index contributed by atoms with van der Waals surface area (Å²) in [6.07, 6.45) is 2.51. The van der Waals surface area contributed by atoms with Gasteiger partial charge in [-0.25, -0.2) is 0 Å². The summed E-state index contributed by atoms with van der Waals surface area (Å²) < 4.78 is 5.85. The lowest BCUT2D eigenvalue weighted by atomic mass is 9.98. The summed E-state index contributed by atoms with van der Waals surface area (Å²) >= 11 is 0. The zero-order chi connectivity index (χ0) is 13.1. The van der Waals surface area contributed by atoms with Gasteiger partial charge in [-0.05, 0) is 44.0 Å². The molecule has 2 heterocycles. The third kappa shape index (κ3) is 2.73. The van der Waals surface area contributed by atoms with Crippen LogP contribution in [0.3, 0.4) is 0 Å². The van der Waals surface area contributed by atoms with Gasteiger partial charge in [0.2, 0.25) is 0 Å². The van der Waals surface area contributed by atoms with Crippen LogP contribution in [0.5, 0.6) is 0 Å². The summed E-state index contributed by atoms with van der Waals surface area (Å²) in [5, 5.41) is 3.44. The number of hydrogen-bond acceptors (Lipinski definition) is 4. The van der Waals surface area contributed by atoms with Crippen molar-refractivity contribution in [2.24, 2.45) is 5.92 Å². The highest BCUT2D eigenvalue weighted by atomic mass is 16.4. The molecule has 0 amide bonds. The molecule has 4 nitrogen and oxygen atoms in total. The maximum atomic E-state index is 5.85. The van der Waals surface area contributed by atoms with Crippen LogP contribution in [0.4, 0.5) is 6.01 Å². The normalized spacial score (nSPS) is 20.1. The molecule has 0 radical (unpaired) electrons. The third-order valence-corrected chi connectivity index (χ3v) is 3.76. The predicted molar refractivity (Wildman–Crippen MR) is 77.5 cm³/mol. The van der Waals surface area contributed by atoms with Gasteiger partial charge < -0.3 is 14.6 Å². The molecule has 102 valence electrons. The van der Waals surface area contributed by atoms with Crippen LogP contribution in [0.1, 0.15) is 19.8 Å². The molecule has 0 saturated carbocycles. The smallest absolute Gasteiger partial charge is 0.298 e. The average Bonchev–Trinajstić information content (AvgIpc) is 2.89. The Morgan fingerprint density at radius 2 is 2.32 bits per heavy atom. The highest BCUT2D eigenvalue weighted by molar-refractivity contribution is 5.74. The van der Waals surface area contributed by atoms with Crippen molar-refractivity contribution in [2.75, 3.05) is 31.1 Å². The highest BCUT2D eigenvalue weighted by Gasteiger charge is 2.23. The minimum Gasteiger partial charge on any atom is -0.423 e. The average molecular weight is 259 g/mol. The minimum absolute atomic E-state index is 0.698. The first-order valence-electron chi connectivity index (χ1n) is 7.18. The first-order valence-corrected chi connectivity index (χ1v) is 7.18. The summed E-state index contributed by atoms with van der Waals surface area (Å²) in [6.45, 7) is 6.38. The molecule has 2 aromatic rings. The van der Waals surface area contributed by atoms with E-state index < -0.39 is 0 Å². The number of para-hydroxylation sites is 2. The fraction of sp³-hybridized carbons (Fsp3) is 0.533. The van der Waals surface area contributed by atoms with E-state index in [0.29, 0.717) is 5.92 Å². The van der Waals surface area contributed by atoms with E-state index in [4.69, 9.17) is 4.42 Å². The highest BCUT2D eigenvalue weighted by Crippen LogP contribution is 2.25. The van der Waals surface area contributed by atoms with Crippen molar-refractivity contribution in [3.8, 4) is 0 Å². The van der Waals surface area contributed by atoms with Crippen molar-refractivity contribution < 1.29 is 4.42 Å². The number of piperidine rings is 1. The monoisotopic (exact) mass is 259 g/mol. The van der Waals surface area contributed by atoms with E-state index >= 15 is 0 Å². The van der Waals surface area contributed by atoms with Gasteiger partial charge in [0.25, 0.3) is 6.01 Å². The lowest BCUT2D eigenvalue weighted by Gasteiger charge is -2.31. The van der Waals surface area contributed by atoms with E-state index in [2.05, 4.69) is 22.1 Å². The molecule has 0 aliphatic carbocycles. The zero-order valence-electron chi connectivity index (χ0n) is 11.4. The molecule has 1 unspecified atom stereocenters. The van der Waals surface area contributed by atoms with Gasteiger partial charge in [-0.15, -0.1) is 0 Å². The Balaban J connectivity index is 1.73. The first-order chi connectivity index (χ1) is 9.36. The van der Waals surface area contributed by atoms with Crippen molar-refractivity contribution in [3.63, 3.8) is 0 Å². The van der Waals surface area contributed by atoms with E-state index in [1.807, 2.05) is 24.3 Å². The second kappa shape index (κ2) is 5.61. The Morgan fingerprint density at radius 3 is 3.16 bits per heavy atom. The molecule has 0 bridgehead atoms. The number of nitrogens with one attached hydrogen (secondary N) is 1. The van der Waals surface area contributed by atoms with Gasteiger partial charge in [-0.1, -0.05) is 19.1 Å². The van der Waals surface area contributed by atoms with Gasteiger partial charge in [0.15, 0.2) is 5.58 Å². The molecular weight excluding hydrogens is 238 g/mol. The van der Waals surface area contributed by atoms with Crippen molar-refractivity contribution in [2.45, 2.75) is 19.8 Å². The van der Waals surface area contributed by atoms with Crippen LogP contribution < -0.4 is 10.2 Å². The topological polar surface area (TPSA) is 41.3 Å². The maximum absolute atomic E-state index is 5.85. The molecule has 19 heavy (non-hydrogen) atoms. The molecule has 1 aromatic carbocycles. The summed E-state index contributed by atoms with van der Waals surface area (Å²) in [6, 6.07) is 8.75. The number of aromatic nitrogens is 1. The molecule has 0 spiro atoms. The second-order valence-corrected chi connectivity index (χ2v) is 5.23. The number of fused-ring (bicyclic) bond motifs is 1. The summed E-state index contributed by atoms with van der Waals surface area (Å²) in [5.74, 6) is 0.698. The zero-order valence-corrected chi connectivity index (χ0v) is 11.4. The van der Waals surface area contributed by atoms with Crippen LogP contribution in [0.15, 0.2) is 28.7 Å². The molecule has 3 rings (SSSR count). The second-order valence-electron chi connectivity index (χ2n) is 5.23. The van der Waals surface area contributed by atoms with Crippen molar-refractivity contribution in [1.29, 1.82) is 0 Å². The first kappa shape index (κ1) is 12.5. The van der Waals surface area contributed by atoms with Crippen molar-refractivity contribution in [1.82, 2.24) is 10.3 Å². The molecule has 1 atom stereocenters. The van der Waals surface area contributed by atoms with E-state index in [0.717, 1.165) is 43.3 Å². The number of rotatable bonds is 4. The van der Waals surface area contributed by atoms with Crippen LogP contribution in [-0.2, 0) is 0 Å². The molecule has 4 heteroatoms. The molecular formula is C15H21N3O. The quantitative estimate of drug-likeness (QED) is 0.916. The van der Waals surface area contributed by atoms with Gasteiger partial charge in [-0.2, -0.15) is 4.98 Å². The van der Waals surface area contributed by atoms with Crippen LogP contribution in [0.25, 0.3) is 11.1 Å². The SMILES string of the molecule is CCNCC1CCCN(c2nc3ccccc3o2)C1. The number of anilines is 1. The third-order valence-electron chi connectivity index (χ3n) is 3.76. The Hall–Kier alpha value is -1.55. The lowest BCUT2D eigenvalue weighted by Crippen LogP contribution is -2.39. The summed E-state index contributed by atoms with van der Waals surface area (Å²) in [5.41, 5.74) is 1.83. The van der Waals surface area contributed by atoms with E-state index in [1.165, 1.54) is 12.8 Å². The Labute approximate surface area is 113 Å². The van der Waals surface area contributed by atoms with Crippen LogP contribution >= 0.6 is 0 Å². The maximum Gasteiger partial charge on any atom is 0.298 e. The minimum atomic E-state index is 0.698. The van der Waals surface area contributed by atoms with Crippen LogP contribution in [0, 0.1) is 5.92 Å². The van der Waals surface area contributed by atoms with Crippen LogP contribution in [0.2, 0.25) is 0 Å². The van der Waals surface area contributed by atoms with Crippen LogP contribution in [-0.4, -0.2) is 31.2 Å². The van der Waals surface area contributed by atoms with Gasteiger partial charge in [0, 0.05) is 13.1 Å².